The number of ether oxygens (including phenoxy) is 1. The van der Waals surface area contributed by atoms with Gasteiger partial charge in [-0.2, -0.15) is 0 Å². The first kappa shape index (κ1) is 17.5. The minimum Gasteiger partial charge on any atom is -0.496 e. The summed E-state index contributed by atoms with van der Waals surface area (Å²) in [6.07, 6.45) is 3.61. The van der Waals surface area contributed by atoms with Gasteiger partial charge in [0, 0.05) is 50.7 Å². The zero-order valence-electron chi connectivity index (χ0n) is 15.6. The molecule has 1 aliphatic heterocycles. The van der Waals surface area contributed by atoms with Gasteiger partial charge in [-0.1, -0.05) is 36.4 Å². The molecule has 27 heavy (non-hydrogen) atoms. The molecule has 0 bridgehead atoms. The van der Waals surface area contributed by atoms with Gasteiger partial charge in [-0.05, 0) is 29.3 Å². The maximum atomic E-state index is 5.57. The number of anilines is 1. The second-order valence-corrected chi connectivity index (χ2v) is 6.71. The molecule has 4 rings (SSSR count). The van der Waals surface area contributed by atoms with E-state index in [0.717, 1.165) is 50.0 Å². The summed E-state index contributed by atoms with van der Waals surface area (Å²) in [6, 6.07) is 18.8. The first-order valence-electron chi connectivity index (χ1n) is 9.30. The number of rotatable bonds is 5. The fourth-order valence-corrected chi connectivity index (χ4v) is 3.52. The van der Waals surface area contributed by atoms with Crippen LogP contribution in [0.25, 0.3) is 11.1 Å². The molecule has 3 aromatic rings. The van der Waals surface area contributed by atoms with E-state index in [4.69, 9.17) is 4.74 Å². The molecule has 1 aromatic heterocycles. The van der Waals surface area contributed by atoms with E-state index in [9.17, 15) is 0 Å². The Morgan fingerprint density at radius 1 is 0.889 bits per heavy atom. The lowest BCUT2D eigenvalue weighted by molar-refractivity contribution is 0.248. The van der Waals surface area contributed by atoms with Gasteiger partial charge in [-0.25, -0.2) is 9.97 Å². The number of hydrogen-bond acceptors (Lipinski definition) is 5. The molecule has 0 radical (unpaired) electrons. The van der Waals surface area contributed by atoms with E-state index in [-0.39, 0.29) is 0 Å². The Morgan fingerprint density at radius 2 is 1.63 bits per heavy atom. The topological polar surface area (TPSA) is 41.5 Å². The van der Waals surface area contributed by atoms with Crippen LogP contribution in [0.2, 0.25) is 0 Å². The Hall–Kier alpha value is -2.92. The first-order chi connectivity index (χ1) is 13.3. The number of aromatic nitrogens is 2. The third-order valence-corrected chi connectivity index (χ3v) is 4.96. The molecular formula is C22H24N4O. The van der Waals surface area contributed by atoms with E-state index in [1.54, 1.807) is 19.5 Å². The van der Waals surface area contributed by atoms with E-state index in [1.165, 1.54) is 11.1 Å². The van der Waals surface area contributed by atoms with Crippen molar-refractivity contribution >= 4 is 5.95 Å². The van der Waals surface area contributed by atoms with Crippen molar-refractivity contribution in [1.29, 1.82) is 0 Å². The SMILES string of the molecule is COc1ccc(CN2CCN(c3ncccn3)CC2)cc1-c1ccccc1. The van der Waals surface area contributed by atoms with Crippen LogP contribution in [-0.4, -0.2) is 48.2 Å². The Morgan fingerprint density at radius 3 is 2.33 bits per heavy atom. The van der Waals surface area contributed by atoms with Gasteiger partial charge < -0.3 is 9.64 Å². The molecule has 5 nitrogen and oxygen atoms in total. The number of piperazine rings is 1. The highest BCUT2D eigenvalue weighted by atomic mass is 16.5. The predicted octanol–water partition coefficient (Wildman–Crippen LogP) is 3.47. The van der Waals surface area contributed by atoms with Gasteiger partial charge in [0.15, 0.2) is 0 Å². The van der Waals surface area contributed by atoms with Gasteiger partial charge >= 0.3 is 0 Å². The molecule has 0 saturated carbocycles. The van der Waals surface area contributed by atoms with Crippen LogP contribution in [0, 0.1) is 0 Å². The normalized spacial score (nSPS) is 14.9. The third-order valence-electron chi connectivity index (χ3n) is 4.96. The molecule has 138 valence electrons. The molecule has 2 heterocycles. The predicted molar refractivity (Wildman–Crippen MR) is 108 cm³/mol. The minimum atomic E-state index is 0.827. The summed E-state index contributed by atoms with van der Waals surface area (Å²) in [7, 11) is 1.73. The summed E-state index contributed by atoms with van der Waals surface area (Å²) in [5.41, 5.74) is 3.63. The van der Waals surface area contributed by atoms with Gasteiger partial charge in [0.05, 0.1) is 7.11 Å². The highest BCUT2D eigenvalue weighted by Crippen LogP contribution is 2.31. The van der Waals surface area contributed by atoms with Crippen LogP contribution < -0.4 is 9.64 Å². The number of hydrogen-bond donors (Lipinski definition) is 0. The lowest BCUT2D eigenvalue weighted by Crippen LogP contribution is -2.46. The quantitative estimate of drug-likeness (QED) is 0.697. The highest BCUT2D eigenvalue weighted by molar-refractivity contribution is 5.71. The summed E-state index contributed by atoms with van der Waals surface area (Å²) < 4.78 is 5.57. The first-order valence-corrected chi connectivity index (χ1v) is 9.30. The number of nitrogens with zero attached hydrogens (tertiary/aromatic N) is 4. The van der Waals surface area contributed by atoms with Gasteiger partial charge in [-0.15, -0.1) is 0 Å². The van der Waals surface area contributed by atoms with Crippen LogP contribution in [0.3, 0.4) is 0 Å². The Bertz CT molecular complexity index is 862. The molecule has 1 fully saturated rings. The average Bonchev–Trinajstić information content (AvgIpc) is 2.75. The minimum absolute atomic E-state index is 0.827. The Labute approximate surface area is 160 Å². The lowest BCUT2D eigenvalue weighted by Gasteiger charge is -2.34. The summed E-state index contributed by atoms with van der Waals surface area (Å²) in [5, 5.41) is 0. The van der Waals surface area contributed by atoms with Crippen LogP contribution >= 0.6 is 0 Å². The van der Waals surface area contributed by atoms with Crippen molar-refractivity contribution in [2.24, 2.45) is 0 Å². The second kappa shape index (κ2) is 8.18. The highest BCUT2D eigenvalue weighted by Gasteiger charge is 2.19. The van der Waals surface area contributed by atoms with Crippen molar-refractivity contribution < 1.29 is 4.74 Å². The van der Waals surface area contributed by atoms with Crippen molar-refractivity contribution in [1.82, 2.24) is 14.9 Å². The van der Waals surface area contributed by atoms with Crippen LogP contribution in [-0.2, 0) is 6.54 Å². The molecule has 1 saturated heterocycles. The van der Waals surface area contributed by atoms with Crippen LogP contribution in [0.5, 0.6) is 5.75 Å². The fourth-order valence-electron chi connectivity index (χ4n) is 3.52. The van der Waals surface area contributed by atoms with Crippen molar-refractivity contribution in [3.63, 3.8) is 0 Å². The maximum Gasteiger partial charge on any atom is 0.225 e. The average molecular weight is 360 g/mol. The second-order valence-electron chi connectivity index (χ2n) is 6.71. The third kappa shape index (κ3) is 4.09. The van der Waals surface area contributed by atoms with Gasteiger partial charge in [0.2, 0.25) is 5.95 Å². The van der Waals surface area contributed by atoms with E-state index in [1.807, 2.05) is 12.1 Å². The largest absolute Gasteiger partial charge is 0.496 e. The van der Waals surface area contributed by atoms with Gasteiger partial charge in [-0.3, -0.25) is 4.90 Å². The Balaban J connectivity index is 1.45. The lowest BCUT2D eigenvalue weighted by atomic mass is 10.0. The summed E-state index contributed by atoms with van der Waals surface area (Å²) in [6.45, 7) is 4.85. The zero-order valence-corrected chi connectivity index (χ0v) is 15.6. The number of benzene rings is 2. The standard InChI is InChI=1S/C22H24N4O/c1-27-21-9-8-18(16-20(21)19-6-3-2-4-7-19)17-25-12-14-26(15-13-25)22-23-10-5-11-24-22/h2-11,16H,12-15,17H2,1H3. The van der Waals surface area contributed by atoms with Gasteiger partial charge in [0.1, 0.15) is 5.75 Å². The maximum absolute atomic E-state index is 5.57. The van der Waals surface area contributed by atoms with E-state index in [0.29, 0.717) is 0 Å². The molecule has 0 N–H and O–H groups in total. The van der Waals surface area contributed by atoms with Crippen molar-refractivity contribution in [2.75, 3.05) is 38.2 Å². The molecule has 0 aliphatic carbocycles. The van der Waals surface area contributed by atoms with Crippen molar-refractivity contribution in [2.45, 2.75) is 6.54 Å². The Kier molecular flexibility index (Phi) is 5.30. The molecule has 0 atom stereocenters. The molecule has 2 aromatic carbocycles. The van der Waals surface area contributed by atoms with Crippen LogP contribution in [0.1, 0.15) is 5.56 Å². The fraction of sp³-hybridized carbons (Fsp3) is 0.273. The molecule has 0 spiro atoms. The molecule has 0 unspecified atom stereocenters. The smallest absolute Gasteiger partial charge is 0.225 e. The monoisotopic (exact) mass is 360 g/mol. The van der Waals surface area contributed by atoms with E-state index in [2.05, 4.69) is 62.2 Å². The summed E-state index contributed by atoms with van der Waals surface area (Å²) in [5.74, 6) is 1.74. The van der Waals surface area contributed by atoms with Gasteiger partial charge in [0.25, 0.3) is 0 Å². The number of methoxy groups -OCH3 is 1. The van der Waals surface area contributed by atoms with E-state index >= 15 is 0 Å². The molecular weight excluding hydrogens is 336 g/mol. The summed E-state index contributed by atoms with van der Waals surface area (Å²) in [4.78, 5) is 13.4. The van der Waals surface area contributed by atoms with Crippen LogP contribution in [0.4, 0.5) is 5.95 Å². The van der Waals surface area contributed by atoms with Crippen LogP contribution in [0.15, 0.2) is 67.0 Å². The van der Waals surface area contributed by atoms with E-state index < -0.39 is 0 Å². The van der Waals surface area contributed by atoms with Crippen molar-refractivity contribution in [3.8, 4) is 16.9 Å². The summed E-state index contributed by atoms with van der Waals surface area (Å²) >= 11 is 0. The molecule has 1 aliphatic rings. The zero-order chi connectivity index (χ0) is 18.5. The molecule has 0 amide bonds. The van der Waals surface area contributed by atoms with Crippen molar-refractivity contribution in [3.05, 3.63) is 72.6 Å². The molecule has 5 heteroatoms.